The Morgan fingerprint density at radius 1 is 1.57 bits per heavy atom. The summed E-state index contributed by atoms with van der Waals surface area (Å²) in [5.41, 5.74) is -3.83. The fourth-order valence-corrected chi connectivity index (χ4v) is 4.68. The highest BCUT2D eigenvalue weighted by molar-refractivity contribution is 5.90. The molecule has 5 rings (SSSR count). The zero-order valence-electron chi connectivity index (χ0n) is 20.5. The highest BCUT2D eigenvalue weighted by Crippen LogP contribution is 2.64. The van der Waals surface area contributed by atoms with Crippen LogP contribution in [-0.2, 0) is 16.6 Å². The lowest BCUT2D eigenvalue weighted by Crippen LogP contribution is -2.76. The average molecular weight is 323 g/mol. The van der Waals surface area contributed by atoms with Crippen molar-refractivity contribution in [1.82, 2.24) is 4.90 Å². The van der Waals surface area contributed by atoms with E-state index in [0.717, 1.165) is 0 Å². The SMILES string of the molecule is [2H]C([2H])([2H])Oc1ccc2c3c1OC1C(=O)C([2H])([2H])C[C@]4(O)[C@@]31CCN(C)[C@]4([2H])C2([2H])[2H]. The minimum atomic E-state index is -2.85. The molecule has 0 radical (unpaired) electrons. The molecule has 1 aromatic carbocycles. The second kappa shape index (κ2) is 4.08. The van der Waals surface area contributed by atoms with Gasteiger partial charge in [-0.1, -0.05) is 6.07 Å². The molecule has 2 bridgehead atoms. The summed E-state index contributed by atoms with van der Waals surface area (Å²) in [7, 11) is -1.36. The van der Waals surface area contributed by atoms with Gasteiger partial charge in [0.25, 0.3) is 0 Å². The summed E-state index contributed by atoms with van der Waals surface area (Å²) >= 11 is 0. The van der Waals surface area contributed by atoms with Gasteiger partial charge in [0.1, 0.15) is 0 Å². The lowest BCUT2D eigenvalue weighted by molar-refractivity contribution is -0.185. The molecule has 0 aromatic heterocycles. The van der Waals surface area contributed by atoms with Crippen LogP contribution in [0.5, 0.6) is 11.5 Å². The van der Waals surface area contributed by atoms with Crippen LogP contribution in [0.3, 0.4) is 0 Å². The Labute approximate surface area is 146 Å². The third-order valence-corrected chi connectivity index (χ3v) is 5.72. The molecule has 2 aliphatic heterocycles. The monoisotopic (exact) mass is 323 g/mol. The number of aliphatic hydroxyl groups is 1. The number of carbonyl (C=O) groups is 1. The van der Waals surface area contributed by atoms with Gasteiger partial charge in [0.05, 0.1) is 23.5 Å². The van der Waals surface area contributed by atoms with Gasteiger partial charge in [-0.2, -0.15) is 0 Å². The second-order valence-electron chi connectivity index (χ2n) is 6.61. The molecular formula is C18H21NO4. The number of ketones is 1. The molecule has 23 heavy (non-hydrogen) atoms. The van der Waals surface area contributed by atoms with Crippen LogP contribution in [0.15, 0.2) is 12.1 Å². The number of hydrogen-bond donors (Lipinski definition) is 1. The number of carbonyl (C=O) groups excluding carboxylic acids is 1. The normalized spacial score (nSPS) is 53.8. The van der Waals surface area contributed by atoms with Crippen LogP contribution in [0.2, 0.25) is 0 Å². The summed E-state index contributed by atoms with van der Waals surface area (Å²) in [6, 6.07) is 0.201. The third-order valence-electron chi connectivity index (χ3n) is 5.72. The largest absolute Gasteiger partial charge is 0.493 e. The molecule has 1 saturated carbocycles. The molecule has 2 fully saturated rings. The van der Waals surface area contributed by atoms with E-state index in [4.69, 9.17) is 19.1 Å². The molecule has 4 aliphatic rings. The Kier molecular flexibility index (Phi) is 1.42. The summed E-state index contributed by atoms with van der Waals surface area (Å²) in [6.07, 6.45) is -7.30. The first-order chi connectivity index (χ1) is 14.0. The van der Waals surface area contributed by atoms with E-state index in [-0.39, 0.29) is 35.6 Å². The van der Waals surface area contributed by atoms with Crippen molar-refractivity contribution in [2.24, 2.45) is 0 Å². The molecule has 0 amide bonds. The molecule has 122 valence electrons. The van der Waals surface area contributed by atoms with Crippen LogP contribution in [0.4, 0.5) is 0 Å². The number of rotatable bonds is 1. The third kappa shape index (κ3) is 1.32. The van der Waals surface area contributed by atoms with E-state index in [9.17, 15) is 11.3 Å². The van der Waals surface area contributed by atoms with Crippen molar-refractivity contribution in [3.63, 3.8) is 0 Å². The quantitative estimate of drug-likeness (QED) is 0.837. The maximum atomic E-state index is 13.1. The molecule has 2 aliphatic carbocycles. The van der Waals surface area contributed by atoms with Gasteiger partial charge >= 0.3 is 0 Å². The van der Waals surface area contributed by atoms with Gasteiger partial charge in [-0.15, -0.1) is 0 Å². The lowest BCUT2D eigenvalue weighted by atomic mass is 9.49. The van der Waals surface area contributed by atoms with Crippen molar-refractivity contribution in [1.29, 1.82) is 0 Å². The number of hydrogen-bond acceptors (Lipinski definition) is 5. The van der Waals surface area contributed by atoms with Crippen molar-refractivity contribution < 1.29 is 30.3 Å². The number of benzene rings is 1. The van der Waals surface area contributed by atoms with Crippen molar-refractivity contribution in [3.05, 3.63) is 23.3 Å². The highest BCUT2D eigenvalue weighted by atomic mass is 16.5. The van der Waals surface area contributed by atoms with Crippen molar-refractivity contribution in [2.75, 3.05) is 20.6 Å². The van der Waals surface area contributed by atoms with Gasteiger partial charge in [0.15, 0.2) is 23.4 Å². The number of likely N-dealkylation sites (N-methyl/N-ethyl adjacent to an activating group) is 1. The molecule has 1 unspecified atom stereocenters. The van der Waals surface area contributed by atoms with E-state index in [1.165, 1.54) is 24.1 Å². The summed E-state index contributed by atoms with van der Waals surface area (Å²) < 4.78 is 76.6. The smallest absolute Gasteiger partial charge is 0.174 e. The predicted octanol–water partition coefficient (Wildman–Crippen LogP) is 1.05. The van der Waals surface area contributed by atoms with Crippen LogP contribution in [-0.4, -0.2) is 54.1 Å². The molecule has 2 heterocycles. The standard InChI is InChI=1S/C18H21NO4/c1-19-8-7-17-14-10-3-4-12(22-2)15(14)23-16(17)11(20)5-6-18(17,21)13(19)9-10/h3-4,13,16,21H,5-9H2,1-2H3/t13-,16?,17+,18-/m1/s1/i2D3,5D2,9D2,13D. The summed E-state index contributed by atoms with van der Waals surface area (Å²) in [5, 5.41) is 12.1. The maximum absolute atomic E-state index is 13.1. The van der Waals surface area contributed by atoms with Crippen LogP contribution >= 0.6 is 0 Å². The molecule has 4 atom stereocenters. The number of likely N-dealkylation sites (tertiary alicyclic amines) is 1. The van der Waals surface area contributed by atoms with Gasteiger partial charge in [0, 0.05) is 23.4 Å². The average Bonchev–Trinajstić information content (AvgIpc) is 2.97. The zero-order valence-corrected chi connectivity index (χ0v) is 12.5. The first-order valence-corrected chi connectivity index (χ1v) is 7.56. The van der Waals surface area contributed by atoms with Crippen molar-refractivity contribution in [3.8, 4) is 11.5 Å². The summed E-state index contributed by atoms with van der Waals surface area (Å²) in [6.45, 7) is 0.144. The molecule has 1 spiro atoms. The first-order valence-electron chi connectivity index (χ1n) is 11.6. The van der Waals surface area contributed by atoms with E-state index in [2.05, 4.69) is 0 Å². The number of methoxy groups -OCH3 is 1. The topological polar surface area (TPSA) is 59.0 Å². The molecule has 5 heteroatoms. The maximum Gasteiger partial charge on any atom is 0.174 e. The Balaban J connectivity index is 1.90. The van der Waals surface area contributed by atoms with E-state index in [0.29, 0.717) is 0 Å². The lowest BCUT2D eigenvalue weighted by Gasteiger charge is -2.62. The first kappa shape index (κ1) is 7.99. The predicted molar refractivity (Wildman–Crippen MR) is 83.0 cm³/mol. The Bertz CT molecular complexity index is 1030. The van der Waals surface area contributed by atoms with Gasteiger partial charge in [-0.3, -0.25) is 4.79 Å². The Morgan fingerprint density at radius 2 is 2.43 bits per heavy atom. The Morgan fingerprint density at radius 3 is 3.26 bits per heavy atom. The minimum Gasteiger partial charge on any atom is -0.493 e. The molecule has 1 saturated heterocycles. The van der Waals surface area contributed by atoms with Crippen molar-refractivity contribution in [2.45, 2.75) is 48.7 Å². The molecule has 1 N–H and O–H groups in total. The zero-order chi connectivity index (χ0) is 23.0. The fraction of sp³-hybridized carbons (Fsp3) is 0.611. The van der Waals surface area contributed by atoms with Crippen molar-refractivity contribution >= 4 is 5.78 Å². The number of nitrogens with zero attached hydrogens (tertiary/aromatic N) is 1. The van der Waals surface area contributed by atoms with Gasteiger partial charge < -0.3 is 19.5 Å². The molecule has 5 nitrogen and oxygen atoms in total. The van der Waals surface area contributed by atoms with Crippen LogP contribution in [0.1, 0.15) is 41.3 Å². The van der Waals surface area contributed by atoms with Gasteiger partial charge in [-0.25, -0.2) is 0 Å². The van der Waals surface area contributed by atoms with Crippen LogP contribution in [0.25, 0.3) is 0 Å². The van der Waals surface area contributed by atoms with E-state index >= 15 is 0 Å². The number of Topliss-reactive ketones (excluding diaryl/α,β-unsaturated/α-hetero) is 1. The van der Waals surface area contributed by atoms with E-state index in [1.54, 1.807) is 0 Å². The number of ether oxygens (including phenoxy) is 2. The number of piperidine rings is 1. The molecule has 1 aromatic rings. The van der Waals surface area contributed by atoms with E-state index in [1.807, 2.05) is 0 Å². The summed E-state index contributed by atoms with van der Waals surface area (Å²) in [5.74, 6) is -1.35. The summed E-state index contributed by atoms with van der Waals surface area (Å²) in [4.78, 5) is 14.5. The van der Waals surface area contributed by atoms with Gasteiger partial charge in [0.2, 0.25) is 0 Å². The second-order valence-corrected chi connectivity index (χ2v) is 6.61. The van der Waals surface area contributed by atoms with Gasteiger partial charge in [-0.05, 0) is 44.4 Å². The minimum absolute atomic E-state index is 0.00405. The fourth-order valence-electron chi connectivity index (χ4n) is 4.68. The molecular weight excluding hydrogens is 294 g/mol. The van der Waals surface area contributed by atoms with Crippen LogP contribution < -0.4 is 9.47 Å². The highest BCUT2D eigenvalue weighted by Gasteiger charge is 2.72. The Hall–Kier alpha value is -1.59. The van der Waals surface area contributed by atoms with E-state index < -0.39 is 55.1 Å². The van der Waals surface area contributed by atoms with Crippen LogP contribution in [0, 0.1) is 0 Å².